The van der Waals surface area contributed by atoms with E-state index in [0.29, 0.717) is 0 Å². The van der Waals surface area contributed by atoms with Gasteiger partial charge in [0.25, 0.3) is 0 Å². The van der Waals surface area contributed by atoms with Gasteiger partial charge < -0.3 is 9.47 Å². The second kappa shape index (κ2) is 6.07. The van der Waals surface area contributed by atoms with Gasteiger partial charge in [0.05, 0.1) is 12.7 Å². The summed E-state index contributed by atoms with van der Waals surface area (Å²) in [5.41, 5.74) is 0.441. The molecule has 1 rings (SSSR count). The van der Waals surface area contributed by atoms with E-state index in [1.54, 1.807) is 0 Å². The number of halogens is 3. The van der Waals surface area contributed by atoms with Gasteiger partial charge in [-0.05, 0) is 24.3 Å². The Kier molecular flexibility index (Phi) is 4.74. The van der Waals surface area contributed by atoms with Crippen LogP contribution in [0, 0.1) is 0 Å². The molecule has 0 saturated carbocycles. The van der Waals surface area contributed by atoms with Gasteiger partial charge in [0.1, 0.15) is 0 Å². The van der Waals surface area contributed by atoms with E-state index in [9.17, 15) is 22.8 Å². The summed E-state index contributed by atoms with van der Waals surface area (Å²) in [6.07, 6.45) is -5.81. The molecular formula is C11H10F3NO4. The van der Waals surface area contributed by atoms with E-state index in [-0.39, 0.29) is 11.3 Å². The lowest BCUT2D eigenvalue weighted by Gasteiger charge is -2.09. The SMILES string of the molecule is COC(=O)c1ccc(NC(=O)OCC(F)(F)F)cc1. The van der Waals surface area contributed by atoms with E-state index in [1.165, 1.54) is 31.4 Å². The zero-order valence-electron chi connectivity index (χ0n) is 9.78. The van der Waals surface area contributed by atoms with Crippen LogP contribution in [0.4, 0.5) is 23.7 Å². The van der Waals surface area contributed by atoms with Gasteiger partial charge in [0, 0.05) is 5.69 Å². The van der Waals surface area contributed by atoms with Crippen molar-refractivity contribution in [2.75, 3.05) is 19.0 Å². The first-order chi connectivity index (χ1) is 8.81. The fourth-order valence-corrected chi connectivity index (χ4v) is 1.11. The molecule has 0 aromatic heterocycles. The molecule has 1 N–H and O–H groups in total. The van der Waals surface area contributed by atoms with Gasteiger partial charge in [-0.25, -0.2) is 9.59 Å². The summed E-state index contributed by atoms with van der Waals surface area (Å²) in [7, 11) is 1.21. The molecular weight excluding hydrogens is 267 g/mol. The lowest BCUT2D eigenvalue weighted by atomic mass is 10.2. The first-order valence-corrected chi connectivity index (χ1v) is 5.01. The molecule has 0 fully saturated rings. The number of carbonyl (C=O) groups is 2. The van der Waals surface area contributed by atoms with Gasteiger partial charge in [-0.1, -0.05) is 0 Å². The van der Waals surface area contributed by atoms with E-state index in [2.05, 4.69) is 14.8 Å². The van der Waals surface area contributed by atoms with Gasteiger partial charge in [0.2, 0.25) is 0 Å². The summed E-state index contributed by atoms with van der Waals surface area (Å²) in [5.74, 6) is -0.564. The van der Waals surface area contributed by atoms with Crippen molar-refractivity contribution in [2.24, 2.45) is 0 Å². The van der Waals surface area contributed by atoms with Crippen LogP contribution in [0.5, 0.6) is 0 Å². The first-order valence-electron chi connectivity index (χ1n) is 5.01. The monoisotopic (exact) mass is 277 g/mol. The Hall–Kier alpha value is -2.25. The molecule has 0 bridgehead atoms. The van der Waals surface area contributed by atoms with Gasteiger partial charge in [-0.3, -0.25) is 5.32 Å². The Labute approximate surface area is 106 Å². The predicted octanol–water partition coefficient (Wildman–Crippen LogP) is 2.58. The number of hydrogen-bond acceptors (Lipinski definition) is 4. The molecule has 1 aromatic rings. The first kappa shape index (κ1) is 14.8. The van der Waals surface area contributed by atoms with Crippen molar-refractivity contribution >= 4 is 17.7 Å². The Bertz CT molecular complexity index is 456. The zero-order valence-corrected chi connectivity index (χ0v) is 9.78. The van der Waals surface area contributed by atoms with Crippen LogP contribution >= 0.6 is 0 Å². The van der Waals surface area contributed by atoms with Crippen LogP contribution in [0.2, 0.25) is 0 Å². The van der Waals surface area contributed by atoms with Crippen LogP contribution in [-0.4, -0.2) is 32.0 Å². The quantitative estimate of drug-likeness (QED) is 0.862. The molecule has 0 atom stereocenters. The molecule has 5 nitrogen and oxygen atoms in total. The summed E-state index contributed by atoms with van der Waals surface area (Å²) in [6.45, 7) is -1.67. The standard InChI is InChI=1S/C11H10F3NO4/c1-18-9(16)7-2-4-8(5-3-7)15-10(17)19-6-11(12,13)14/h2-5H,6H2,1H3,(H,15,17). The van der Waals surface area contributed by atoms with E-state index < -0.39 is 24.8 Å². The summed E-state index contributed by atoms with van der Waals surface area (Å²) in [5, 5.41) is 2.09. The van der Waals surface area contributed by atoms with Gasteiger partial charge >= 0.3 is 18.2 Å². The van der Waals surface area contributed by atoms with Crippen LogP contribution in [0.3, 0.4) is 0 Å². The van der Waals surface area contributed by atoms with Crippen LogP contribution < -0.4 is 5.32 Å². The minimum Gasteiger partial charge on any atom is -0.465 e. The third-order valence-corrected chi connectivity index (χ3v) is 1.92. The van der Waals surface area contributed by atoms with Crippen molar-refractivity contribution in [3.05, 3.63) is 29.8 Å². The number of hydrogen-bond donors (Lipinski definition) is 1. The van der Waals surface area contributed by atoms with Crippen molar-refractivity contribution in [1.29, 1.82) is 0 Å². The zero-order chi connectivity index (χ0) is 14.5. The van der Waals surface area contributed by atoms with E-state index >= 15 is 0 Å². The molecule has 0 saturated heterocycles. The van der Waals surface area contributed by atoms with Crippen molar-refractivity contribution in [3.63, 3.8) is 0 Å². The van der Waals surface area contributed by atoms with Gasteiger partial charge in [0.15, 0.2) is 6.61 Å². The van der Waals surface area contributed by atoms with E-state index in [0.717, 1.165) is 0 Å². The van der Waals surface area contributed by atoms with Crippen molar-refractivity contribution < 1.29 is 32.2 Å². The lowest BCUT2D eigenvalue weighted by molar-refractivity contribution is -0.159. The molecule has 0 aliphatic carbocycles. The topological polar surface area (TPSA) is 64.6 Å². The van der Waals surface area contributed by atoms with Crippen LogP contribution in [0.25, 0.3) is 0 Å². The second-order valence-electron chi connectivity index (χ2n) is 3.39. The molecule has 0 unspecified atom stereocenters. The van der Waals surface area contributed by atoms with Crippen LogP contribution in [-0.2, 0) is 9.47 Å². The Morgan fingerprint density at radius 1 is 1.21 bits per heavy atom. The predicted molar refractivity (Wildman–Crippen MR) is 58.8 cm³/mol. The number of alkyl halides is 3. The minimum atomic E-state index is -4.58. The molecule has 104 valence electrons. The highest BCUT2D eigenvalue weighted by molar-refractivity contribution is 5.90. The summed E-state index contributed by atoms with van der Waals surface area (Å²) in [4.78, 5) is 22.1. The van der Waals surface area contributed by atoms with Gasteiger partial charge in [-0.15, -0.1) is 0 Å². The average Bonchev–Trinajstić information content (AvgIpc) is 2.35. The smallest absolute Gasteiger partial charge is 0.422 e. The third kappa shape index (κ3) is 5.28. The summed E-state index contributed by atoms with van der Waals surface area (Å²) < 4.78 is 43.7. The summed E-state index contributed by atoms with van der Waals surface area (Å²) in [6, 6.07) is 5.37. The minimum absolute atomic E-state index is 0.194. The van der Waals surface area contributed by atoms with E-state index in [4.69, 9.17) is 0 Å². The maximum absolute atomic E-state index is 11.8. The van der Waals surface area contributed by atoms with E-state index in [1.807, 2.05) is 0 Å². The highest BCUT2D eigenvalue weighted by Crippen LogP contribution is 2.15. The van der Waals surface area contributed by atoms with Crippen molar-refractivity contribution in [2.45, 2.75) is 6.18 Å². The normalized spacial score (nSPS) is 10.7. The molecule has 0 aliphatic rings. The molecule has 0 radical (unpaired) electrons. The van der Waals surface area contributed by atoms with Gasteiger partial charge in [-0.2, -0.15) is 13.2 Å². The number of carbonyl (C=O) groups excluding carboxylic acids is 2. The molecule has 1 amide bonds. The maximum Gasteiger partial charge on any atom is 0.422 e. The summed E-state index contributed by atoms with van der Waals surface area (Å²) >= 11 is 0. The largest absolute Gasteiger partial charge is 0.465 e. The molecule has 0 spiro atoms. The number of esters is 1. The number of rotatable bonds is 3. The van der Waals surface area contributed by atoms with Crippen molar-refractivity contribution in [1.82, 2.24) is 0 Å². The number of amides is 1. The number of benzene rings is 1. The molecule has 8 heteroatoms. The number of ether oxygens (including phenoxy) is 2. The second-order valence-corrected chi connectivity index (χ2v) is 3.39. The molecule has 0 aliphatic heterocycles. The maximum atomic E-state index is 11.8. The molecule has 19 heavy (non-hydrogen) atoms. The number of nitrogens with one attached hydrogen (secondary N) is 1. The Morgan fingerprint density at radius 2 is 1.79 bits per heavy atom. The lowest BCUT2D eigenvalue weighted by Crippen LogP contribution is -2.23. The average molecular weight is 277 g/mol. The Morgan fingerprint density at radius 3 is 2.26 bits per heavy atom. The fourth-order valence-electron chi connectivity index (χ4n) is 1.11. The third-order valence-electron chi connectivity index (χ3n) is 1.92. The number of methoxy groups -OCH3 is 1. The molecule has 1 aromatic carbocycles. The van der Waals surface area contributed by atoms with Crippen molar-refractivity contribution in [3.8, 4) is 0 Å². The fraction of sp³-hybridized carbons (Fsp3) is 0.273. The van der Waals surface area contributed by atoms with Crippen LogP contribution in [0.1, 0.15) is 10.4 Å². The molecule has 0 heterocycles. The highest BCUT2D eigenvalue weighted by atomic mass is 19.4. The van der Waals surface area contributed by atoms with Crippen LogP contribution in [0.15, 0.2) is 24.3 Å². The Balaban J connectivity index is 2.54. The number of anilines is 1. The highest BCUT2D eigenvalue weighted by Gasteiger charge is 2.29.